The first-order valence-corrected chi connectivity index (χ1v) is 8.08. The molecule has 0 radical (unpaired) electrons. The molecule has 1 amide bonds. The molecule has 0 aliphatic carbocycles. The van der Waals surface area contributed by atoms with Gasteiger partial charge in [-0.15, -0.1) is 0 Å². The monoisotopic (exact) mass is 326 g/mol. The van der Waals surface area contributed by atoms with Gasteiger partial charge in [0.25, 0.3) is 0 Å². The van der Waals surface area contributed by atoms with Crippen LogP contribution >= 0.6 is 11.6 Å². The molecule has 5 nitrogen and oxygen atoms in total. The summed E-state index contributed by atoms with van der Waals surface area (Å²) in [6, 6.07) is 7.35. The average molecular weight is 327 g/mol. The van der Waals surface area contributed by atoms with E-state index in [9.17, 15) is 4.79 Å². The smallest absolute Gasteiger partial charge is 0.239 e. The lowest BCUT2D eigenvalue weighted by Gasteiger charge is -2.11. The summed E-state index contributed by atoms with van der Waals surface area (Å²) in [6.45, 7) is 2.96. The van der Waals surface area contributed by atoms with E-state index in [0.29, 0.717) is 24.8 Å². The summed E-state index contributed by atoms with van der Waals surface area (Å²) in [7, 11) is 0. The maximum Gasteiger partial charge on any atom is 0.239 e. The number of para-hydroxylation sites is 1. The minimum atomic E-state index is -0.0564. The van der Waals surface area contributed by atoms with Crippen LogP contribution in [0.4, 0.5) is 5.69 Å². The second-order valence-electron chi connectivity index (χ2n) is 5.25. The molecule has 1 aliphatic heterocycles. The predicted molar refractivity (Wildman–Crippen MR) is 87.4 cm³/mol. The van der Waals surface area contributed by atoms with Gasteiger partial charge in [0.15, 0.2) is 0 Å². The van der Waals surface area contributed by atoms with E-state index in [1.807, 2.05) is 18.2 Å². The van der Waals surface area contributed by atoms with Crippen molar-refractivity contribution < 1.29 is 14.3 Å². The van der Waals surface area contributed by atoms with Crippen molar-refractivity contribution in [3.8, 4) is 0 Å². The van der Waals surface area contributed by atoms with Crippen LogP contribution in [0, 0.1) is 0 Å². The van der Waals surface area contributed by atoms with Gasteiger partial charge in [0.2, 0.25) is 5.91 Å². The molecule has 6 heteroatoms. The Hall–Kier alpha value is -1.30. The van der Waals surface area contributed by atoms with Crippen molar-refractivity contribution in [1.82, 2.24) is 5.32 Å². The maximum atomic E-state index is 11.7. The third kappa shape index (κ3) is 6.22. The molecule has 1 saturated heterocycles. The molecule has 0 unspecified atom stereocenters. The van der Waals surface area contributed by atoms with Crippen molar-refractivity contribution in [3.63, 3.8) is 0 Å². The lowest BCUT2D eigenvalue weighted by Crippen LogP contribution is -2.31. The number of nitrogens with one attached hydrogen (secondary N) is 2. The summed E-state index contributed by atoms with van der Waals surface area (Å²) in [5, 5.41) is 6.46. The van der Waals surface area contributed by atoms with Crippen LogP contribution in [0.3, 0.4) is 0 Å². The van der Waals surface area contributed by atoms with Crippen LogP contribution in [0.5, 0.6) is 0 Å². The zero-order valence-electron chi connectivity index (χ0n) is 12.6. The number of rotatable bonds is 9. The van der Waals surface area contributed by atoms with Gasteiger partial charge in [-0.1, -0.05) is 23.7 Å². The molecule has 0 bridgehead atoms. The number of amides is 1. The second-order valence-corrected chi connectivity index (χ2v) is 5.65. The molecule has 1 heterocycles. The number of halogens is 1. The van der Waals surface area contributed by atoms with Crippen molar-refractivity contribution in [2.45, 2.75) is 25.4 Å². The molecule has 22 heavy (non-hydrogen) atoms. The summed E-state index contributed by atoms with van der Waals surface area (Å²) in [4.78, 5) is 11.7. The number of benzene rings is 1. The first-order chi connectivity index (χ1) is 10.8. The zero-order chi connectivity index (χ0) is 15.6. The van der Waals surface area contributed by atoms with E-state index in [4.69, 9.17) is 21.1 Å². The SMILES string of the molecule is O=C(CNc1ccccc1Cl)NCCCOC[C@@H]1CCCO1. The highest BCUT2D eigenvalue weighted by molar-refractivity contribution is 6.33. The Morgan fingerprint density at radius 1 is 1.41 bits per heavy atom. The molecular formula is C16H23ClN2O3. The van der Waals surface area contributed by atoms with Crippen LogP contribution in [-0.2, 0) is 14.3 Å². The first kappa shape index (κ1) is 17.1. The molecule has 1 atom stereocenters. The highest BCUT2D eigenvalue weighted by Crippen LogP contribution is 2.19. The van der Waals surface area contributed by atoms with Crippen molar-refractivity contribution in [3.05, 3.63) is 29.3 Å². The Bertz CT molecular complexity index is 464. The van der Waals surface area contributed by atoms with E-state index in [1.54, 1.807) is 6.07 Å². The third-order valence-corrected chi connectivity index (χ3v) is 3.76. The molecule has 2 rings (SSSR count). The van der Waals surface area contributed by atoms with Gasteiger partial charge in [0.1, 0.15) is 0 Å². The molecule has 122 valence electrons. The van der Waals surface area contributed by atoms with E-state index in [1.165, 1.54) is 0 Å². The molecule has 0 aromatic heterocycles. The largest absolute Gasteiger partial charge is 0.379 e. The Balaban J connectivity index is 1.48. The summed E-state index contributed by atoms with van der Waals surface area (Å²) in [5.74, 6) is -0.0564. The standard InChI is InChI=1S/C16H23ClN2O3/c17-14-6-1-2-7-15(14)19-11-16(20)18-8-4-9-21-12-13-5-3-10-22-13/h1-2,6-7,13,19H,3-5,8-12H2,(H,18,20)/t13-/m0/s1. The quantitative estimate of drug-likeness (QED) is 0.684. The number of anilines is 1. The van der Waals surface area contributed by atoms with Gasteiger partial charge in [0, 0.05) is 19.8 Å². The number of carbonyl (C=O) groups is 1. The molecule has 2 N–H and O–H groups in total. The van der Waals surface area contributed by atoms with Crippen molar-refractivity contribution >= 4 is 23.2 Å². The fraction of sp³-hybridized carbons (Fsp3) is 0.562. The maximum absolute atomic E-state index is 11.7. The van der Waals surface area contributed by atoms with Crippen LogP contribution < -0.4 is 10.6 Å². The van der Waals surface area contributed by atoms with E-state index in [0.717, 1.165) is 31.6 Å². The van der Waals surface area contributed by atoms with Gasteiger partial charge in [0.05, 0.1) is 30.0 Å². The van der Waals surface area contributed by atoms with E-state index >= 15 is 0 Å². The second kappa shape index (κ2) is 9.66. The number of ether oxygens (including phenoxy) is 2. The Labute approximate surface area is 136 Å². The Kier molecular flexibility index (Phi) is 7.49. The van der Waals surface area contributed by atoms with Crippen LogP contribution in [0.1, 0.15) is 19.3 Å². The molecular weight excluding hydrogens is 304 g/mol. The fourth-order valence-electron chi connectivity index (χ4n) is 2.24. The van der Waals surface area contributed by atoms with E-state index in [-0.39, 0.29) is 18.6 Å². The Morgan fingerprint density at radius 3 is 3.05 bits per heavy atom. The van der Waals surface area contributed by atoms with Crippen molar-refractivity contribution in [2.75, 3.05) is 38.2 Å². The summed E-state index contributed by atoms with van der Waals surface area (Å²) < 4.78 is 11.0. The van der Waals surface area contributed by atoms with Gasteiger partial charge in [-0.3, -0.25) is 4.79 Å². The fourth-order valence-corrected chi connectivity index (χ4v) is 2.44. The Morgan fingerprint density at radius 2 is 2.27 bits per heavy atom. The van der Waals surface area contributed by atoms with Crippen LogP contribution in [0.25, 0.3) is 0 Å². The summed E-state index contributed by atoms with van der Waals surface area (Å²) >= 11 is 6.00. The van der Waals surface area contributed by atoms with Crippen LogP contribution in [0.2, 0.25) is 5.02 Å². The number of hydrogen-bond acceptors (Lipinski definition) is 4. The molecule has 1 aromatic carbocycles. The van der Waals surface area contributed by atoms with Crippen molar-refractivity contribution in [2.24, 2.45) is 0 Å². The zero-order valence-corrected chi connectivity index (χ0v) is 13.4. The van der Waals surface area contributed by atoms with Gasteiger partial charge in [-0.05, 0) is 31.4 Å². The van der Waals surface area contributed by atoms with Crippen LogP contribution in [-0.4, -0.2) is 44.9 Å². The highest BCUT2D eigenvalue weighted by Gasteiger charge is 2.14. The molecule has 1 aromatic rings. The average Bonchev–Trinajstić information content (AvgIpc) is 3.03. The number of hydrogen-bond donors (Lipinski definition) is 2. The van der Waals surface area contributed by atoms with Crippen LogP contribution in [0.15, 0.2) is 24.3 Å². The third-order valence-electron chi connectivity index (χ3n) is 3.43. The number of carbonyl (C=O) groups excluding carboxylic acids is 1. The highest BCUT2D eigenvalue weighted by atomic mass is 35.5. The lowest BCUT2D eigenvalue weighted by molar-refractivity contribution is -0.119. The van der Waals surface area contributed by atoms with E-state index < -0.39 is 0 Å². The van der Waals surface area contributed by atoms with E-state index in [2.05, 4.69) is 10.6 Å². The predicted octanol–water partition coefficient (Wildman–Crippen LogP) is 2.45. The topological polar surface area (TPSA) is 59.6 Å². The van der Waals surface area contributed by atoms with Gasteiger partial charge in [-0.25, -0.2) is 0 Å². The summed E-state index contributed by atoms with van der Waals surface area (Å²) in [5.41, 5.74) is 0.763. The molecule has 1 aliphatic rings. The lowest BCUT2D eigenvalue weighted by atomic mass is 10.2. The minimum Gasteiger partial charge on any atom is -0.379 e. The van der Waals surface area contributed by atoms with Crippen molar-refractivity contribution in [1.29, 1.82) is 0 Å². The molecule has 0 spiro atoms. The first-order valence-electron chi connectivity index (χ1n) is 7.70. The summed E-state index contributed by atoms with van der Waals surface area (Å²) in [6.07, 6.45) is 3.27. The normalized spacial score (nSPS) is 17.4. The van der Waals surface area contributed by atoms with Gasteiger partial charge in [-0.2, -0.15) is 0 Å². The molecule has 1 fully saturated rings. The van der Waals surface area contributed by atoms with Gasteiger partial charge >= 0.3 is 0 Å². The molecule has 0 saturated carbocycles. The van der Waals surface area contributed by atoms with Gasteiger partial charge < -0.3 is 20.1 Å². The minimum absolute atomic E-state index is 0.0564.